The smallest absolute Gasteiger partial charge is 0.105 e. The molecule has 0 aliphatic carbocycles. The van der Waals surface area contributed by atoms with Crippen molar-refractivity contribution in [3.8, 4) is 0 Å². The third-order valence-electron chi connectivity index (χ3n) is 2.22. The molecule has 1 aliphatic heterocycles. The molecule has 0 bridgehead atoms. The van der Waals surface area contributed by atoms with Crippen LogP contribution in [0.1, 0.15) is 18.5 Å². The van der Waals surface area contributed by atoms with E-state index in [9.17, 15) is 0 Å². The Morgan fingerprint density at radius 2 is 2.23 bits per heavy atom. The van der Waals surface area contributed by atoms with Gasteiger partial charge in [0.2, 0.25) is 0 Å². The zero-order valence-electron chi connectivity index (χ0n) is 7.82. The summed E-state index contributed by atoms with van der Waals surface area (Å²) >= 11 is 0. The van der Waals surface area contributed by atoms with Crippen molar-refractivity contribution in [1.29, 1.82) is 0 Å². The van der Waals surface area contributed by atoms with E-state index < -0.39 is 0 Å². The topological polar surface area (TPSA) is 42.7 Å². The second-order valence-electron chi connectivity index (χ2n) is 3.31. The van der Waals surface area contributed by atoms with Crippen LogP contribution in [0, 0.1) is 0 Å². The summed E-state index contributed by atoms with van der Waals surface area (Å²) in [6, 6.07) is 0. The average molecular weight is 178 g/mol. The van der Waals surface area contributed by atoms with E-state index >= 15 is 0 Å². The molecular formula is C9H14N4. The average Bonchev–Trinajstić information content (AvgIpc) is 2.53. The molecule has 2 heterocycles. The van der Waals surface area contributed by atoms with E-state index in [4.69, 9.17) is 0 Å². The van der Waals surface area contributed by atoms with Crippen LogP contribution in [0.5, 0.6) is 0 Å². The van der Waals surface area contributed by atoms with E-state index in [1.165, 1.54) is 5.57 Å². The monoisotopic (exact) mass is 178 g/mol. The first-order valence-electron chi connectivity index (χ1n) is 4.61. The van der Waals surface area contributed by atoms with E-state index in [1.54, 1.807) is 11.0 Å². The maximum atomic E-state index is 4.21. The molecule has 0 spiro atoms. The van der Waals surface area contributed by atoms with Crippen LogP contribution >= 0.6 is 0 Å². The summed E-state index contributed by atoms with van der Waals surface area (Å²) in [5.41, 5.74) is 2.44. The van der Waals surface area contributed by atoms with Crippen molar-refractivity contribution in [3.05, 3.63) is 17.5 Å². The van der Waals surface area contributed by atoms with Crippen molar-refractivity contribution in [3.63, 3.8) is 0 Å². The second-order valence-corrected chi connectivity index (χ2v) is 3.31. The molecule has 4 heteroatoms. The summed E-state index contributed by atoms with van der Waals surface area (Å²) in [4.78, 5) is 1.59. The highest BCUT2D eigenvalue weighted by Gasteiger charge is 2.04. The lowest BCUT2D eigenvalue weighted by Gasteiger charge is -2.14. The second kappa shape index (κ2) is 3.70. The van der Waals surface area contributed by atoms with Gasteiger partial charge in [-0.05, 0) is 32.0 Å². The first-order chi connectivity index (χ1) is 6.34. The van der Waals surface area contributed by atoms with Gasteiger partial charge in [0, 0.05) is 7.05 Å². The first-order valence-corrected chi connectivity index (χ1v) is 4.61. The predicted octanol–water partition coefficient (Wildman–Crippen LogP) is 0.582. The fourth-order valence-corrected chi connectivity index (χ4v) is 1.53. The van der Waals surface area contributed by atoms with E-state index in [0.29, 0.717) is 0 Å². The number of aryl methyl sites for hydroxylation is 1. The highest BCUT2D eigenvalue weighted by atomic mass is 15.4. The normalized spacial score (nSPS) is 17.5. The van der Waals surface area contributed by atoms with Crippen LogP contribution in [0.15, 0.2) is 11.8 Å². The molecule has 0 saturated carbocycles. The van der Waals surface area contributed by atoms with Crippen LogP contribution in [-0.2, 0) is 7.05 Å². The molecule has 1 saturated heterocycles. The number of nitrogens with zero attached hydrogens (tertiary/aromatic N) is 3. The summed E-state index contributed by atoms with van der Waals surface area (Å²) < 4.78 is 0. The van der Waals surface area contributed by atoms with Crippen LogP contribution in [-0.4, -0.2) is 28.1 Å². The molecular weight excluding hydrogens is 164 g/mol. The molecule has 1 fully saturated rings. The van der Waals surface area contributed by atoms with Crippen LogP contribution in [0.4, 0.5) is 0 Å². The number of aromatic nitrogens is 3. The third-order valence-corrected chi connectivity index (χ3v) is 2.22. The van der Waals surface area contributed by atoms with E-state index in [1.807, 2.05) is 7.05 Å². The van der Waals surface area contributed by atoms with Crippen LogP contribution in [0.3, 0.4) is 0 Å². The van der Waals surface area contributed by atoms with Gasteiger partial charge in [-0.1, -0.05) is 5.57 Å². The van der Waals surface area contributed by atoms with Crippen molar-refractivity contribution in [2.24, 2.45) is 7.05 Å². The summed E-state index contributed by atoms with van der Waals surface area (Å²) in [7, 11) is 1.84. The van der Waals surface area contributed by atoms with Crippen molar-refractivity contribution in [2.45, 2.75) is 12.8 Å². The fraction of sp³-hybridized carbons (Fsp3) is 0.556. The Balaban J connectivity index is 2.09. The summed E-state index contributed by atoms with van der Waals surface area (Å²) in [5, 5.41) is 11.6. The van der Waals surface area contributed by atoms with Crippen LogP contribution in [0.25, 0.3) is 6.08 Å². The number of rotatable bonds is 1. The zero-order chi connectivity index (χ0) is 9.10. The molecule has 0 radical (unpaired) electrons. The van der Waals surface area contributed by atoms with Gasteiger partial charge in [-0.3, -0.25) is 0 Å². The van der Waals surface area contributed by atoms with E-state index in [0.717, 1.165) is 31.6 Å². The van der Waals surface area contributed by atoms with Gasteiger partial charge in [0.25, 0.3) is 0 Å². The SMILES string of the molecule is Cn1ncc(C=C2CCNCC2)n1. The third kappa shape index (κ3) is 2.15. The van der Waals surface area contributed by atoms with Gasteiger partial charge in [0.1, 0.15) is 5.69 Å². The van der Waals surface area contributed by atoms with Gasteiger partial charge in [-0.2, -0.15) is 15.0 Å². The molecule has 0 amide bonds. The first kappa shape index (κ1) is 8.44. The number of nitrogens with one attached hydrogen (secondary N) is 1. The van der Waals surface area contributed by atoms with Crippen LogP contribution in [0.2, 0.25) is 0 Å². The minimum atomic E-state index is 0.972. The van der Waals surface area contributed by atoms with Gasteiger partial charge >= 0.3 is 0 Å². The zero-order valence-corrected chi connectivity index (χ0v) is 7.82. The maximum Gasteiger partial charge on any atom is 0.105 e. The number of hydrogen-bond donors (Lipinski definition) is 1. The molecule has 70 valence electrons. The molecule has 1 aliphatic rings. The summed E-state index contributed by atoms with van der Waals surface area (Å²) in [6.07, 6.45) is 6.22. The minimum Gasteiger partial charge on any atom is -0.316 e. The molecule has 1 aromatic rings. The van der Waals surface area contributed by atoms with Crippen molar-refractivity contribution in [2.75, 3.05) is 13.1 Å². The molecule has 0 unspecified atom stereocenters. The van der Waals surface area contributed by atoms with Crippen molar-refractivity contribution < 1.29 is 0 Å². The predicted molar refractivity (Wildman–Crippen MR) is 51.1 cm³/mol. The lowest BCUT2D eigenvalue weighted by Crippen LogP contribution is -2.22. The highest BCUT2D eigenvalue weighted by Crippen LogP contribution is 2.13. The van der Waals surface area contributed by atoms with Gasteiger partial charge in [-0.25, -0.2) is 0 Å². The highest BCUT2D eigenvalue weighted by molar-refractivity contribution is 5.47. The lowest BCUT2D eigenvalue weighted by molar-refractivity contribution is 0.612. The lowest BCUT2D eigenvalue weighted by atomic mass is 10.0. The Kier molecular flexibility index (Phi) is 2.40. The minimum absolute atomic E-state index is 0.972. The molecule has 4 nitrogen and oxygen atoms in total. The molecule has 13 heavy (non-hydrogen) atoms. The Labute approximate surface area is 77.6 Å². The Hall–Kier alpha value is -1.16. The standard InChI is InChI=1S/C9H14N4/c1-13-11-7-9(12-13)6-8-2-4-10-5-3-8/h6-7,10H,2-5H2,1H3. The van der Waals surface area contributed by atoms with E-state index in [-0.39, 0.29) is 0 Å². The van der Waals surface area contributed by atoms with Gasteiger partial charge in [0.05, 0.1) is 6.20 Å². The largest absolute Gasteiger partial charge is 0.316 e. The van der Waals surface area contributed by atoms with Crippen molar-refractivity contribution >= 4 is 6.08 Å². The molecule has 0 aromatic carbocycles. The maximum absolute atomic E-state index is 4.21. The van der Waals surface area contributed by atoms with Crippen LogP contribution < -0.4 is 5.32 Å². The molecule has 1 N–H and O–H groups in total. The van der Waals surface area contributed by atoms with Gasteiger partial charge in [-0.15, -0.1) is 0 Å². The quantitative estimate of drug-likeness (QED) is 0.684. The molecule has 0 atom stereocenters. The number of hydrogen-bond acceptors (Lipinski definition) is 3. The Morgan fingerprint density at radius 3 is 2.85 bits per heavy atom. The molecule has 2 rings (SSSR count). The van der Waals surface area contributed by atoms with Crippen molar-refractivity contribution in [1.82, 2.24) is 20.3 Å². The molecule has 1 aromatic heterocycles. The summed E-state index contributed by atoms with van der Waals surface area (Å²) in [5.74, 6) is 0. The van der Waals surface area contributed by atoms with Gasteiger partial charge in [0.15, 0.2) is 0 Å². The van der Waals surface area contributed by atoms with Gasteiger partial charge < -0.3 is 5.32 Å². The Morgan fingerprint density at radius 1 is 1.46 bits per heavy atom. The summed E-state index contributed by atoms with van der Waals surface area (Å²) in [6.45, 7) is 2.18. The Bertz CT molecular complexity index is 305. The fourth-order valence-electron chi connectivity index (χ4n) is 1.53. The number of piperidine rings is 1. The van der Waals surface area contributed by atoms with E-state index in [2.05, 4.69) is 21.6 Å².